The highest BCUT2D eigenvalue weighted by Crippen LogP contribution is 2.47. The molecule has 0 N–H and O–H groups in total. The number of methoxy groups -OCH3 is 1. The average Bonchev–Trinajstić information content (AvgIpc) is 2.82. The fourth-order valence-corrected chi connectivity index (χ4v) is 5.36. The molecule has 3 unspecified atom stereocenters. The van der Waals surface area contributed by atoms with Crippen LogP contribution in [0, 0.1) is 11.8 Å². The van der Waals surface area contributed by atoms with Crippen LogP contribution in [0.2, 0.25) is 0 Å². The molecule has 0 aliphatic carbocycles. The van der Waals surface area contributed by atoms with Crippen LogP contribution in [0.4, 0.5) is 0 Å². The molecule has 0 heterocycles. The predicted molar refractivity (Wildman–Crippen MR) is 125 cm³/mol. The molecule has 0 saturated carbocycles. The van der Waals surface area contributed by atoms with Crippen LogP contribution in [-0.2, 0) is 28.6 Å². The Labute approximate surface area is 186 Å². The standard InChI is InChI=1S/C25H35O5P/c1-7-19(2)17-25(18-20(3)24(26)28-4,21-11-9-8-10-12-21)22-13-15-23(16-14-22)31(27,29-5)30-6/h8-16,19-20H,7,17-18H2,1-6H3. The van der Waals surface area contributed by atoms with Gasteiger partial charge in [-0.05, 0) is 42.0 Å². The van der Waals surface area contributed by atoms with Crippen molar-refractivity contribution >= 4 is 18.9 Å². The van der Waals surface area contributed by atoms with Crippen molar-refractivity contribution in [2.75, 3.05) is 21.3 Å². The van der Waals surface area contributed by atoms with Crippen molar-refractivity contribution in [2.45, 2.75) is 45.4 Å². The van der Waals surface area contributed by atoms with E-state index in [2.05, 4.69) is 26.0 Å². The van der Waals surface area contributed by atoms with Crippen molar-refractivity contribution in [2.24, 2.45) is 11.8 Å². The van der Waals surface area contributed by atoms with Gasteiger partial charge in [0.2, 0.25) is 0 Å². The predicted octanol–water partition coefficient (Wildman–Crippen LogP) is 5.72. The molecule has 2 rings (SSSR count). The van der Waals surface area contributed by atoms with Gasteiger partial charge in [-0.2, -0.15) is 0 Å². The second-order valence-electron chi connectivity index (χ2n) is 8.20. The third kappa shape index (κ3) is 5.65. The van der Waals surface area contributed by atoms with Crippen LogP contribution in [0.25, 0.3) is 0 Å². The van der Waals surface area contributed by atoms with Gasteiger partial charge >= 0.3 is 13.6 Å². The number of esters is 1. The van der Waals surface area contributed by atoms with Gasteiger partial charge in [0.05, 0.1) is 18.3 Å². The molecule has 0 fully saturated rings. The van der Waals surface area contributed by atoms with Crippen LogP contribution in [0.5, 0.6) is 0 Å². The van der Waals surface area contributed by atoms with Crippen molar-refractivity contribution in [3.05, 3.63) is 65.7 Å². The summed E-state index contributed by atoms with van der Waals surface area (Å²) >= 11 is 0. The maximum atomic E-state index is 12.8. The first-order valence-electron chi connectivity index (χ1n) is 10.7. The molecule has 2 aromatic rings. The summed E-state index contributed by atoms with van der Waals surface area (Å²) in [5, 5.41) is 0.507. The van der Waals surface area contributed by atoms with Gasteiger partial charge < -0.3 is 13.8 Å². The molecule has 0 spiro atoms. The summed E-state index contributed by atoms with van der Waals surface area (Å²) in [7, 11) is 0.862. The Kier molecular flexibility index (Phi) is 9.05. The van der Waals surface area contributed by atoms with Crippen LogP contribution in [-0.4, -0.2) is 27.3 Å². The summed E-state index contributed by atoms with van der Waals surface area (Å²) in [4.78, 5) is 12.4. The number of carbonyl (C=O) groups excluding carboxylic acids is 1. The largest absolute Gasteiger partial charge is 0.469 e. The van der Waals surface area contributed by atoms with Gasteiger partial charge in [0, 0.05) is 19.6 Å². The minimum atomic E-state index is -3.33. The summed E-state index contributed by atoms with van der Waals surface area (Å²) in [5.41, 5.74) is 1.82. The molecule has 0 bridgehead atoms. The fraction of sp³-hybridized carbons (Fsp3) is 0.480. The van der Waals surface area contributed by atoms with E-state index in [-0.39, 0.29) is 11.9 Å². The Morgan fingerprint density at radius 2 is 1.45 bits per heavy atom. The van der Waals surface area contributed by atoms with Crippen LogP contribution in [0.15, 0.2) is 54.6 Å². The van der Waals surface area contributed by atoms with E-state index in [0.29, 0.717) is 17.6 Å². The molecule has 0 amide bonds. The highest BCUT2D eigenvalue weighted by molar-refractivity contribution is 7.62. The molecule has 0 aliphatic heterocycles. The summed E-state index contributed by atoms with van der Waals surface area (Å²) < 4.78 is 28.1. The Hall–Kier alpha value is -1.94. The van der Waals surface area contributed by atoms with Crippen molar-refractivity contribution in [3.63, 3.8) is 0 Å². The van der Waals surface area contributed by atoms with Crippen LogP contribution in [0.1, 0.15) is 51.2 Å². The molecule has 5 nitrogen and oxygen atoms in total. The third-order valence-corrected chi connectivity index (χ3v) is 8.09. The Morgan fingerprint density at radius 1 is 0.903 bits per heavy atom. The summed E-state index contributed by atoms with van der Waals surface area (Å²) in [6.07, 6.45) is 2.52. The van der Waals surface area contributed by atoms with Crippen molar-refractivity contribution in [1.29, 1.82) is 0 Å². The zero-order chi connectivity index (χ0) is 23.1. The molecule has 31 heavy (non-hydrogen) atoms. The molecular formula is C25H35O5P. The maximum absolute atomic E-state index is 12.8. The fourth-order valence-electron chi connectivity index (χ4n) is 4.27. The highest BCUT2D eigenvalue weighted by Gasteiger charge is 2.39. The van der Waals surface area contributed by atoms with E-state index >= 15 is 0 Å². The Morgan fingerprint density at radius 3 is 1.94 bits per heavy atom. The minimum Gasteiger partial charge on any atom is -0.469 e. The first-order chi connectivity index (χ1) is 14.8. The molecule has 0 saturated heterocycles. The maximum Gasteiger partial charge on any atom is 0.360 e. The minimum absolute atomic E-state index is 0.218. The smallest absolute Gasteiger partial charge is 0.360 e. The van der Waals surface area contributed by atoms with E-state index in [9.17, 15) is 9.36 Å². The Bertz CT molecular complexity index is 873. The number of ether oxygens (including phenoxy) is 1. The molecule has 2 aromatic carbocycles. The first-order valence-corrected chi connectivity index (χ1v) is 12.3. The average molecular weight is 447 g/mol. The van der Waals surface area contributed by atoms with Crippen molar-refractivity contribution in [1.82, 2.24) is 0 Å². The number of hydrogen-bond donors (Lipinski definition) is 0. The molecule has 3 atom stereocenters. The molecule has 170 valence electrons. The quantitative estimate of drug-likeness (QED) is 0.326. The first kappa shape index (κ1) is 25.3. The second kappa shape index (κ2) is 11.1. The van der Waals surface area contributed by atoms with Gasteiger partial charge in [-0.25, -0.2) is 0 Å². The number of hydrogen-bond acceptors (Lipinski definition) is 5. The number of carbonyl (C=O) groups is 1. The highest BCUT2D eigenvalue weighted by atomic mass is 31.2. The SMILES string of the molecule is CCC(C)CC(CC(C)C(=O)OC)(c1ccccc1)c1ccc(P(=O)(OC)OC)cc1. The van der Waals surface area contributed by atoms with Gasteiger partial charge in [-0.1, -0.05) is 69.7 Å². The van der Waals surface area contributed by atoms with E-state index in [1.165, 1.54) is 21.3 Å². The summed E-state index contributed by atoms with van der Waals surface area (Å²) in [5.74, 6) is -0.0592. The van der Waals surface area contributed by atoms with E-state index in [1.54, 1.807) is 12.1 Å². The normalized spacial score (nSPS) is 15.7. The van der Waals surface area contributed by atoms with Crippen molar-refractivity contribution < 1.29 is 23.1 Å². The lowest BCUT2D eigenvalue weighted by Crippen LogP contribution is -2.34. The molecule has 6 heteroatoms. The lowest BCUT2D eigenvalue weighted by atomic mass is 9.64. The Balaban J connectivity index is 2.66. The monoisotopic (exact) mass is 446 g/mol. The van der Waals surface area contributed by atoms with Gasteiger partial charge in [-0.3, -0.25) is 9.36 Å². The second-order valence-corrected chi connectivity index (χ2v) is 10.4. The lowest BCUT2D eigenvalue weighted by molar-refractivity contribution is -0.145. The van der Waals surface area contributed by atoms with Crippen molar-refractivity contribution in [3.8, 4) is 0 Å². The molecule has 0 radical (unpaired) electrons. The van der Waals surface area contributed by atoms with Gasteiger partial charge in [0.25, 0.3) is 0 Å². The molecule has 0 aromatic heterocycles. The van der Waals surface area contributed by atoms with E-state index in [0.717, 1.165) is 24.0 Å². The van der Waals surface area contributed by atoms with Crippen LogP contribution in [0.3, 0.4) is 0 Å². The molecule has 0 aliphatic rings. The van der Waals surface area contributed by atoms with E-state index < -0.39 is 13.0 Å². The topological polar surface area (TPSA) is 61.8 Å². The zero-order valence-corrected chi connectivity index (χ0v) is 20.4. The van der Waals surface area contributed by atoms with E-state index in [4.69, 9.17) is 13.8 Å². The van der Waals surface area contributed by atoms with Gasteiger partial charge in [0.15, 0.2) is 0 Å². The lowest BCUT2D eigenvalue weighted by Gasteiger charge is -2.39. The summed E-state index contributed by atoms with van der Waals surface area (Å²) in [6.45, 7) is 6.33. The molecular weight excluding hydrogens is 411 g/mol. The van der Waals surface area contributed by atoms with Gasteiger partial charge in [-0.15, -0.1) is 0 Å². The number of benzene rings is 2. The van der Waals surface area contributed by atoms with E-state index in [1.807, 2.05) is 37.3 Å². The third-order valence-electron chi connectivity index (χ3n) is 6.20. The zero-order valence-electron chi connectivity index (χ0n) is 19.5. The number of rotatable bonds is 11. The van der Waals surface area contributed by atoms with Crippen LogP contribution < -0.4 is 5.30 Å². The van der Waals surface area contributed by atoms with Gasteiger partial charge in [0.1, 0.15) is 0 Å². The summed E-state index contributed by atoms with van der Waals surface area (Å²) in [6, 6.07) is 17.9. The van der Waals surface area contributed by atoms with Crippen LogP contribution >= 0.6 is 7.60 Å².